The standard InChI is InChI=1S/C19H16FN5O2/c1-11-6-7-13(17-23-19(12(2)20)27-24-17)9-14(11)22-18(26)15-10-21-16-5-3-4-8-25(15)16/h3-10,12H,1-2H3,(H,22,26). The third kappa shape index (κ3) is 3.17. The number of carbonyl (C=O) groups is 1. The van der Waals surface area contributed by atoms with Crippen molar-refractivity contribution in [3.8, 4) is 11.4 Å². The SMILES string of the molecule is Cc1ccc(-c2noc(C(C)F)n2)cc1NC(=O)c1cnc2ccccn12. The van der Waals surface area contributed by atoms with E-state index in [1.807, 2.05) is 31.2 Å². The summed E-state index contributed by atoms with van der Waals surface area (Å²) in [5.41, 5.74) is 3.19. The summed E-state index contributed by atoms with van der Waals surface area (Å²) in [6, 6.07) is 10.9. The summed E-state index contributed by atoms with van der Waals surface area (Å²) < 4.78 is 19.9. The summed E-state index contributed by atoms with van der Waals surface area (Å²) in [6.45, 7) is 3.20. The monoisotopic (exact) mass is 365 g/mol. The molecule has 0 spiro atoms. The van der Waals surface area contributed by atoms with Crippen LogP contribution in [0.1, 0.15) is 35.0 Å². The topological polar surface area (TPSA) is 85.3 Å². The van der Waals surface area contributed by atoms with Crippen LogP contribution in [0.3, 0.4) is 0 Å². The van der Waals surface area contributed by atoms with Crippen LogP contribution < -0.4 is 5.32 Å². The van der Waals surface area contributed by atoms with Gasteiger partial charge in [0.15, 0.2) is 6.17 Å². The Hall–Kier alpha value is -3.55. The minimum Gasteiger partial charge on any atom is -0.336 e. The summed E-state index contributed by atoms with van der Waals surface area (Å²) >= 11 is 0. The number of alkyl halides is 1. The highest BCUT2D eigenvalue weighted by Gasteiger charge is 2.17. The number of halogens is 1. The molecule has 1 atom stereocenters. The number of hydrogen-bond donors (Lipinski definition) is 1. The Labute approximate surface area is 153 Å². The molecule has 1 amide bonds. The van der Waals surface area contributed by atoms with Crippen molar-refractivity contribution in [2.45, 2.75) is 20.0 Å². The summed E-state index contributed by atoms with van der Waals surface area (Å²) in [5.74, 6) is -0.109. The molecule has 4 rings (SSSR count). The molecule has 0 aliphatic rings. The Kier molecular flexibility index (Phi) is 4.15. The van der Waals surface area contributed by atoms with E-state index in [2.05, 4.69) is 20.4 Å². The quantitative estimate of drug-likeness (QED) is 0.591. The molecule has 1 unspecified atom stereocenters. The fraction of sp³-hybridized carbons (Fsp3) is 0.158. The van der Waals surface area contributed by atoms with Gasteiger partial charge in [0.2, 0.25) is 5.82 Å². The zero-order chi connectivity index (χ0) is 19.0. The second-order valence-electron chi connectivity index (χ2n) is 6.13. The summed E-state index contributed by atoms with van der Waals surface area (Å²) in [6.07, 6.45) is 1.96. The predicted molar refractivity (Wildman–Crippen MR) is 97.1 cm³/mol. The maximum atomic E-state index is 13.3. The number of rotatable bonds is 4. The number of carbonyl (C=O) groups excluding carboxylic acids is 1. The summed E-state index contributed by atoms with van der Waals surface area (Å²) in [7, 11) is 0. The lowest BCUT2D eigenvalue weighted by Gasteiger charge is -2.09. The van der Waals surface area contributed by atoms with Crippen LogP contribution in [0.25, 0.3) is 17.0 Å². The molecule has 1 N–H and O–H groups in total. The molecule has 7 nitrogen and oxygen atoms in total. The van der Waals surface area contributed by atoms with Crippen LogP contribution in [0.15, 0.2) is 53.3 Å². The maximum absolute atomic E-state index is 13.3. The molecule has 0 aliphatic heterocycles. The van der Waals surface area contributed by atoms with Crippen LogP contribution in [0.5, 0.6) is 0 Å². The molecular formula is C19H16FN5O2. The van der Waals surface area contributed by atoms with E-state index in [9.17, 15) is 9.18 Å². The van der Waals surface area contributed by atoms with Gasteiger partial charge in [-0.25, -0.2) is 9.37 Å². The van der Waals surface area contributed by atoms with Crippen LogP contribution in [0.4, 0.5) is 10.1 Å². The first-order chi connectivity index (χ1) is 13.0. The molecule has 0 aliphatic carbocycles. The molecule has 0 bridgehead atoms. The number of nitrogens with one attached hydrogen (secondary N) is 1. The molecular weight excluding hydrogens is 349 g/mol. The third-order valence-electron chi connectivity index (χ3n) is 4.18. The highest BCUT2D eigenvalue weighted by molar-refractivity contribution is 6.04. The smallest absolute Gasteiger partial charge is 0.274 e. The number of pyridine rings is 1. The molecule has 136 valence electrons. The van der Waals surface area contributed by atoms with Crippen LogP contribution in [-0.4, -0.2) is 25.4 Å². The average molecular weight is 365 g/mol. The van der Waals surface area contributed by atoms with E-state index >= 15 is 0 Å². The number of aromatic nitrogens is 4. The van der Waals surface area contributed by atoms with Crippen molar-refractivity contribution in [2.24, 2.45) is 0 Å². The molecule has 3 heterocycles. The normalized spacial score (nSPS) is 12.3. The molecule has 0 radical (unpaired) electrons. The van der Waals surface area contributed by atoms with Gasteiger partial charge < -0.3 is 9.84 Å². The van der Waals surface area contributed by atoms with E-state index in [4.69, 9.17) is 4.52 Å². The van der Waals surface area contributed by atoms with Crippen LogP contribution >= 0.6 is 0 Å². The summed E-state index contributed by atoms with van der Waals surface area (Å²) in [5, 5.41) is 6.68. The molecule has 0 saturated carbocycles. The Balaban J connectivity index is 1.64. The maximum Gasteiger partial charge on any atom is 0.274 e. The van der Waals surface area contributed by atoms with E-state index < -0.39 is 6.17 Å². The highest BCUT2D eigenvalue weighted by Crippen LogP contribution is 2.25. The van der Waals surface area contributed by atoms with Crippen molar-refractivity contribution in [1.82, 2.24) is 19.5 Å². The largest absolute Gasteiger partial charge is 0.336 e. The van der Waals surface area contributed by atoms with Crippen molar-refractivity contribution in [3.05, 3.63) is 65.9 Å². The Morgan fingerprint density at radius 3 is 2.93 bits per heavy atom. The number of imidazole rings is 1. The first kappa shape index (κ1) is 16.9. The second-order valence-corrected chi connectivity index (χ2v) is 6.13. The number of fused-ring (bicyclic) bond motifs is 1. The van der Waals surface area contributed by atoms with Crippen molar-refractivity contribution in [2.75, 3.05) is 5.32 Å². The molecule has 1 aromatic carbocycles. The van der Waals surface area contributed by atoms with E-state index in [1.165, 1.54) is 13.1 Å². The number of benzene rings is 1. The van der Waals surface area contributed by atoms with E-state index in [0.717, 1.165) is 5.56 Å². The Bertz CT molecular complexity index is 1130. The Morgan fingerprint density at radius 1 is 1.30 bits per heavy atom. The fourth-order valence-electron chi connectivity index (χ4n) is 2.70. The second kappa shape index (κ2) is 6.64. The number of anilines is 1. The minimum absolute atomic E-state index is 0.0816. The Morgan fingerprint density at radius 2 is 2.15 bits per heavy atom. The first-order valence-electron chi connectivity index (χ1n) is 8.35. The number of hydrogen-bond acceptors (Lipinski definition) is 5. The zero-order valence-corrected chi connectivity index (χ0v) is 14.7. The lowest BCUT2D eigenvalue weighted by molar-refractivity contribution is 0.102. The van der Waals surface area contributed by atoms with Crippen LogP contribution in [0.2, 0.25) is 0 Å². The van der Waals surface area contributed by atoms with Crippen molar-refractivity contribution in [1.29, 1.82) is 0 Å². The molecule has 0 fully saturated rings. The van der Waals surface area contributed by atoms with Gasteiger partial charge >= 0.3 is 0 Å². The first-order valence-corrected chi connectivity index (χ1v) is 8.35. The van der Waals surface area contributed by atoms with Gasteiger partial charge in [0.25, 0.3) is 11.8 Å². The van der Waals surface area contributed by atoms with Gasteiger partial charge in [0.05, 0.1) is 6.20 Å². The van der Waals surface area contributed by atoms with Crippen molar-refractivity contribution in [3.63, 3.8) is 0 Å². The molecule has 0 saturated heterocycles. The molecule has 4 aromatic rings. The average Bonchev–Trinajstić information content (AvgIpc) is 3.30. The van der Waals surface area contributed by atoms with Gasteiger partial charge in [-0.05, 0) is 37.6 Å². The third-order valence-corrected chi connectivity index (χ3v) is 4.18. The van der Waals surface area contributed by atoms with Gasteiger partial charge in [-0.1, -0.05) is 23.4 Å². The molecule has 3 aromatic heterocycles. The number of amides is 1. The van der Waals surface area contributed by atoms with Crippen LogP contribution in [-0.2, 0) is 0 Å². The number of nitrogens with zero attached hydrogens (tertiary/aromatic N) is 4. The van der Waals surface area contributed by atoms with Crippen molar-refractivity contribution >= 4 is 17.2 Å². The minimum atomic E-state index is -1.34. The predicted octanol–water partition coefficient (Wildman–Crippen LogP) is 3.98. The van der Waals surface area contributed by atoms with Gasteiger partial charge in [0.1, 0.15) is 11.3 Å². The molecule has 27 heavy (non-hydrogen) atoms. The fourth-order valence-corrected chi connectivity index (χ4v) is 2.70. The van der Waals surface area contributed by atoms with E-state index in [1.54, 1.807) is 22.7 Å². The van der Waals surface area contributed by atoms with Crippen LogP contribution in [0, 0.1) is 6.92 Å². The number of aryl methyl sites for hydroxylation is 1. The zero-order valence-electron chi connectivity index (χ0n) is 14.7. The molecule has 8 heteroatoms. The summed E-state index contributed by atoms with van der Waals surface area (Å²) in [4.78, 5) is 21.0. The van der Waals surface area contributed by atoms with Gasteiger partial charge in [-0.15, -0.1) is 0 Å². The van der Waals surface area contributed by atoms with Crippen molar-refractivity contribution < 1.29 is 13.7 Å². The lowest BCUT2D eigenvalue weighted by Crippen LogP contribution is -2.15. The van der Waals surface area contributed by atoms with E-state index in [0.29, 0.717) is 22.6 Å². The van der Waals surface area contributed by atoms with Gasteiger partial charge in [-0.2, -0.15) is 4.98 Å². The van der Waals surface area contributed by atoms with Gasteiger partial charge in [0, 0.05) is 17.4 Å². The highest BCUT2D eigenvalue weighted by atomic mass is 19.1. The van der Waals surface area contributed by atoms with E-state index in [-0.39, 0.29) is 17.6 Å². The lowest BCUT2D eigenvalue weighted by atomic mass is 10.1. The van der Waals surface area contributed by atoms with Gasteiger partial charge in [-0.3, -0.25) is 9.20 Å².